The molecule has 112 valence electrons. The Labute approximate surface area is 121 Å². The van der Waals surface area contributed by atoms with E-state index in [4.69, 9.17) is 4.74 Å². The van der Waals surface area contributed by atoms with Gasteiger partial charge in [0.15, 0.2) is 0 Å². The van der Waals surface area contributed by atoms with Crippen molar-refractivity contribution in [3.63, 3.8) is 0 Å². The predicted molar refractivity (Wildman–Crippen MR) is 80.5 cm³/mol. The topological polar surface area (TPSA) is 21.3 Å². The maximum Gasteiger partial charge on any atom is 0.123 e. The van der Waals surface area contributed by atoms with Gasteiger partial charge in [0.05, 0.1) is 12.2 Å². The highest BCUT2D eigenvalue weighted by molar-refractivity contribution is 5.21. The highest BCUT2D eigenvalue weighted by Gasteiger charge is 2.25. The molecule has 0 amide bonds. The lowest BCUT2D eigenvalue weighted by molar-refractivity contribution is 0.0465. The lowest BCUT2D eigenvalue weighted by Gasteiger charge is -2.23. The first-order valence-electron chi connectivity index (χ1n) is 7.69. The summed E-state index contributed by atoms with van der Waals surface area (Å²) in [6.45, 7) is 7.35. The Kier molecular flexibility index (Phi) is 5.55. The smallest absolute Gasteiger partial charge is 0.123 e. The Bertz CT molecular complexity index is 404. The first-order chi connectivity index (χ1) is 9.54. The van der Waals surface area contributed by atoms with Crippen molar-refractivity contribution in [3.05, 3.63) is 35.6 Å². The fourth-order valence-corrected chi connectivity index (χ4v) is 2.83. The molecule has 20 heavy (non-hydrogen) atoms. The number of rotatable bonds is 6. The number of ether oxygens (including phenoxy) is 1. The normalized spacial score (nSPS) is 24.2. The van der Waals surface area contributed by atoms with Gasteiger partial charge in [-0.15, -0.1) is 0 Å². The fraction of sp³-hybridized carbons (Fsp3) is 0.647. The average molecular weight is 279 g/mol. The Balaban J connectivity index is 2.01. The molecule has 3 atom stereocenters. The lowest BCUT2D eigenvalue weighted by Crippen LogP contribution is -2.29. The molecule has 0 aliphatic carbocycles. The van der Waals surface area contributed by atoms with Gasteiger partial charge in [0.2, 0.25) is 0 Å². The van der Waals surface area contributed by atoms with Gasteiger partial charge in [-0.3, -0.25) is 0 Å². The van der Waals surface area contributed by atoms with Crippen LogP contribution in [0.3, 0.4) is 0 Å². The summed E-state index contributed by atoms with van der Waals surface area (Å²) in [7, 11) is 0. The van der Waals surface area contributed by atoms with Gasteiger partial charge in [-0.1, -0.05) is 26.0 Å². The van der Waals surface area contributed by atoms with Crippen LogP contribution in [0.25, 0.3) is 0 Å². The highest BCUT2D eigenvalue weighted by atomic mass is 19.1. The molecule has 0 spiro atoms. The van der Waals surface area contributed by atoms with Gasteiger partial charge < -0.3 is 10.1 Å². The molecule has 1 saturated heterocycles. The van der Waals surface area contributed by atoms with E-state index in [0.717, 1.165) is 25.8 Å². The van der Waals surface area contributed by atoms with Gasteiger partial charge in [-0.05, 0) is 49.8 Å². The number of hydrogen-bond donors (Lipinski definition) is 1. The first-order valence-corrected chi connectivity index (χ1v) is 7.69. The monoisotopic (exact) mass is 279 g/mol. The number of hydrogen-bond acceptors (Lipinski definition) is 2. The van der Waals surface area contributed by atoms with Crippen LogP contribution in [-0.2, 0) is 4.74 Å². The van der Waals surface area contributed by atoms with Crippen molar-refractivity contribution in [2.75, 3.05) is 6.54 Å². The molecule has 1 fully saturated rings. The molecular weight excluding hydrogens is 253 g/mol. The predicted octanol–water partition coefficient (Wildman–Crippen LogP) is 3.86. The molecule has 1 N–H and O–H groups in total. The second-order valence-electron chi connectivity index (χ2n) is 6.19. The molecule has 0 saturated carbocycles. The summed E-state index contributed by atoms with van der Waals surface area (Å²) in [6.07, 6.45) is 4.02. The summed E-state index contributed by atoms with van der Waals surface area (Å²) < 4.78 is 19.0. The third-order valence-electron chi connectivity index (χ3n) is 3.98. The van der Waals surface area contributed by atoms with Crippen LogP contribution in [0.15, 0.2) is 24.3 Å². The van der Waals surface area contributed by atoms with Crippen LogP contribution in [0, 0.1) is 5.82 Å². The van der Waals surface area contributed by atoms with Gasteiger partial charge in [0.1, 0.15) is 5.82 Å². The maximum absolute atomic E-state index is 13.1. The van der Waals surface area contributed by atoms with Crippen molar-refractivity contribution in [1.29, 1.82) is 0 Å². The van der Waals surface area contributed by atoms with Crippen LogP contribution in [0.2, 0.25) is 0 Å². The highest BCUT2D eigenvalue weighted by Crippen LogP contribution is 2.29. The van der Waals surface area contributed by atoms with Crippen LogP contribution in [0.1, 0.15) is 51.5 Å². The van der Waals surface area contributed by atoms with E-state index in [0.29, 0.717) is 24.2 Å². The van der Waals surface area contributed by atoms with E-state index in [1.165, 1.54) is 5.56 Å². The van der Waals surface area contributed by atoms with Crippen LogP contribution < -0.4 is 5.32 Å². The van der Waals surface area contributed by atoms with E-state index in [-0.39, 0.29) is 5.82 Å². The molecule has 1 heterocycles. The third-order valence-corrected chi connectivity index (χ3v) is 3.98. The Morgan fingerprint density at radius 2 is 1.95 bits per heavy atom. The van der Waals surface area contributed by atoms with Gasteiger partial charge >= 0.3 is 0 Å². The first kappa shape index (κ1) is 15.5. The molecule has 1 aromatic rings. The average Bonchev–Trinajstić information content (AvgIpc) is 2.81. The summed E-state index contributed by atoms with van der Waals surface area (Å²) in [4.78, 5) is 0. The zero-order valence-electron chi connectivity index (χ0n) is 12.7. The molecule has 1 aromatic carbocycles. The minimum absolute atomic E-state index is 0.171. The second kappa shape index (κ2) is 7.19. The van der Waals surface area contributed by atoms with Gasteiger partial charge in [0.25, 0.3) is 0 Å². The van der Waals surface area contributed by atoms with Crippen molar-refractivity contribution in [2.24, 2.45) is 0 Å². The van der Waals surface area contributed by atoms with E-state index in [9.17, 15) is 4.39 Å². The van der Waals surface area contributed by atoms with Crippen molar-refractivity contribution in [1.82, 2.24) is 5.32 Å². The third kappa shape index (κ3) is 4.57. The molecule has 3 heteroatoms. The molecule has 1 aliphatic rings. The van der Waals surface area contributed by atoms with Crippen LogP contribution >= 0.6 is 0 Å². The Morgan fingerprint density at radius 1 is 1.25 bits per heavy atom. The summed E-state index contributed by atoms with van der Waals surface area (Å²) in [5.41, 5.74) is 1.20. The van der Waals surface area contributed by atoms with Crippen molar-refractivity contribution < 1.29 is 9.13 Å². The van der Waals surface area contributed by atoms with Crippen molar-refractivity contribution in [3.8, 4) is 0 Å². The van der Waals surface area contributed by atoms with Crippen LogP contribution in [0.5, 0.6) is 0 Å². The van der Waals surface area contributed by atoms with Crippen molar-refractivity contribution in [2.45, 2.75) is 64.2 Å². The van der Waals surface area contributed by atoms with E-state index in [1.807, 2.05) is 12.1 Å². The van der Waals surface area contributed by atoms with E-state index >= 15 is 0 Å². The SMILES string of the molecule is CC(C)NCC(CC1CCC(C)O1)c1ccc(F)cc1. The zero-order valence-corrected chi connectivity index (χ0v) is 12.7. The van der Waals surface area contributed by atoms with Gasteiger partial charge in [0, 0.05) is 12.6 Å². The summed E-state index contributed by atoms with van der Waals surface area (Å²) in [6, 6.07) is 7.37. The van der Waals surface area contributed by atoms with E-state index in [1.54, 1.807) is 12.1 Å². The quantitative estimate of drug-likeness (QED) is 0.853. The lowest BCUT2D eigenvalue weighted by atomic mass is 9.92. The number of benzene rings is 1. The molecule has 0 bridgehead atoms. The molecular formula is C17H26FNO. The standard InChI is InChI=1S/C17H26FNO/c1-12(2)19-11-15(10-17-9-4-13(3)20-17)14-5-7-16(18)8-6-14/h5-8,12-13,15,17,19H,4,9-11H2,1-3H3. The fourth-order valence-electron chi connectivity index (χ4n) is 2.83. The summed E-state index contributed by atoms with van der Waals surface area (Å²) in [5.74, 6) is 0.211. The Morgan fingerprint density at radius 3 is 2.50 bits per heavy atom. The molecule has 2 rings (SSSR count). The van der Waals surface area contributed by atoms with Gasteiger partial charge in [-0.25, -0.2) is 4.39 Å². The van der Waals surface area contributed by atoms with E-state index < -0.39 is 0 Å². The molecule has 3 unspecified atom stereocenters. The summed E-state index contributed by atoms with van der Waals surface area (Å²) in [5, 5.41) is 3.49. The molecule has 1 aliphatic heterocycles. The minimum Gasteiger partial charge on any atom is -0.375 e. The Hall–Kier alpha value is -0.930. The number of halogens is 1. The minimum atomic E-state index is -0.171. The summed E-state index contributed by atoms with van der Waals surface area (Å²) >= 11 is 0. The number of nitrogens with one attached hydrogen (secondary N) is 1. The van der Waals surface area contributed by atoms with Gasteiger partial charge in [-0.2, -0.15) is 0 Å². The second-order valence-corrected chi connectivity index (χ2v) is 6.19. The molecule has 0 aromatic heterocycles. The molecule has 0 radical (unpaired) electrons. The van der Waals surface area contributed by atoms with Crippen LogP contribution in [-0.4, -0.2) is 24.8 Å². The zero-order chi connectivity index (χ0) is 14.5. The van der Waals surface area contributed by atoms with Crippen molar-refractivity contribution >= 4 is 0 Å². The largest absolute Gasteiger partial charge is 0.375 e. The van der Waals surface area contributed by atoms with E-state index in [2.05, 4.69) is 26.1 Å². The van der Waals surface area contributed by atoms with Crippen LogP contribution in [0.4, 0.5) is 4.39 Å². The molecule has 2 nitrogen and oxygen atoms in total. The maximum atomic E-state index is 13.1.